The number of halogens is 1. The van der Waals surface area contributed by atoms with Gasteiger partial charge in [-0.3, -0.25) is 0 Å². The van der Waals surface area contributed by atoms with Crippen molar-refractivity contribution < 1.29 is 19.4 Å². The quantitative estimate of drug-likeness (QED) is 0.872. The van der Waals surface area contributed by atoms with Gasteiger partial charge in [0.2, 0.25) is 0 Å². The maximum absolute atomic E-state index is 11.7. The summed E-state index contributed by atoms with van der Waals surface area (Å²) in [6, 6.07) is 9.24. The Bertz CT molecular complexity index is 693. The van der Waals surface area contributed by atoms with E-state index in [1.807, 2.05) is 31.2 Å². The van der Waals surface area contributed by atoms with Crippen LogP contribution in [0.5, 0.6) is 11.5 Å². The van der Waals surface area contributed by atoms with Crippen molar-refractivity contribution in [3.05, 3.63) is 57.6 Å². The second kappa shape index (κ2) is 6.71. The molecule has 2 aromatic carbocycles. The number of benzene rings is 2. The fraction of sp³-hybridized carbons (Fsp3) is 0.235. The van der Waals surface area contributed by atoms with Crippen LogP contribution in [0, 0.1) is 6.92 Å². The summed E-state index contributed by atoms with van der Waals surface area (Å²) < 4.78 is 9.80. The van der Waals surface area contributed by atoms with E-state index in [4.69, 9.17) is 16.3 Å². The molecule has 0 bridgehead atoms. The first-order valence-corrected chi connectivity index (χ1v) is 7.08. The molecule has 22 heavy (non-hydrogen) atoms. The zero-order valence-electron chi connectivity index (χ0n) is 12.6. The van der Waals surface area contributed by atoms with E-state index in [-0.39, 0.29) is 16.3 Å². The fourth-order valence-corrected chi connectivity index (χ4v) is 2.42. The van der Waals surface area contributed by atoms with Crippen LogP contribution < -0.4 is 4.74 Å². The molecular weight excluding hydrogens is 304 g/mol. The minimum absolute atomic E-state index is 0.0709. The van der Waals surface area contributed by atoms with Crippen molar-refractivity contribution in [1.29, 1.82) is 0 Å². The molecule has 0 amide bonds. The van der Waals surface area contributed by atoms with Gasteiger partial charge in [0.25, 0.3) is 0 Å². The minimum Gasteiger partial charge on any atom is -0.505 e. The van der Waals surface area contributed by atoms with Gasteiger partial charge in [0.1, 0.15) is 17.1 Å². The first-order valence-electron chi connectivity index (χ1n) is 6.70. The average Bonchev–Trinajstić information content (AvgIpc) is 2.55. The molecule has 0 aromatic heterocycles. The Morgan fingerprint density at radius 2 is 1.86 bits per heavy atom. The number of aromatic hydroxyl groups is 1. The molecule has 116 valence electrons. The number of hydrogen-bond acceptors (Lipinski definition) is 4. The summed E-state index contributed by atoms with van der Waals surface area (Å²) >= 11 is 6.13. The number of methoxy groups -OCH3 is 2. The van der Waals surface area contributed by atoms with Gasteiger partial charge in [-0.15, -0.1) is 0 Å². The van der Waals surface area contributed by atoms with Crippen molar-refractivity contribution >= 4 is 17.6 Å². The van der Waals surface area contributed by atoms with Crippen molar-refractivity contribution in [1.82, 2.24) is 0 Å². The zero-order valence-corrected chi connectivity index (χ0v) is 13.4. The maximum atomic E-state index is 11.7. The molecule has 0 aliphatic heterocycles. The number of carbonyl (C=O) groups is 1. The number of ether oxygens (including phenoxy) is 2. The Morgan fingerprint density at radius 1 is 1.23 bits per heavy atom. The van der Waals surface area contributed by atoms with Gasteiger partial charge >= 0.3 is 5.97 Å². The second-order valence-electron chi connectivity index (χ2n) is 4.89. The molecule has 0 spiro atoms. The molecule has 2 rings (SSSR count). The lowest BCUT2D eigenvalue weighted by Crippen LogP contribution is -2.05. The molecule has 4 nitrogen and oxygen atoms in total. The van der Waals surface area contributed by atoms with Crippen LogP contribution in [0.2, 0.25) is 5.02 Å². The number of rotatable bonds is 4. The lowest BCUT2D eigenvalue weighted by Gasteiger charge is -2.13. The number of hydrogen-bond donors (Lipinski definition) is 1. The molecule has 0 aliphatic rings. The summed E-state index contributed by atoms with van der Waals surface area (Å²) in [5.74, 6) is -0.0839. The normalized spacial score (nSPS) is 10.4. The van der Waals surface area contributed by atoms with Gasteiger partial charge in [0.05, 0.1) is 19.2 Å². The summed E-state index contributed by atoms with van der Waals surface area (Å²) in [6.07, 6.45) is 0.583. The van der Waals surface area contributed by atoms with Crippen LogP contribution in [-0.4, -0.2) is 25.3 Å². The third kappa shape index (κ3) is 3.17. The van der Waals surface area contributed by atoms with Gasteiger partial charge in [-0.05, 0) is 48.2 Å². The summed E-state index contributed by atoms with van der Waals surface area (Å²) in [4.78, 5) is 11.7. The van der Waals surface area contributed by atoms with Crippen molar-refractivity contribution in [2.75, 3.05) is 14.2 Å². The third-order valence-electron chi connectivity index (χ3n) is 3.55. The Hall–Kier alpha value is -2.20. The van der Waals surface area contributed by atoms with Gasteiger partial charge < -0.3 is 14.6 Å². The SMILES string of the molecule is COC(=O)c1cc(Cc2ccc(OC)cc2)c(C)c(Cl)c1O. The highest BCUT2D eigenvalue weighted by molar-refractivity contribution is 6.33. The van der Waals surface area contributed by atoms with Crippen LogP contribution >= 0.6 is 11.6 Å². The van der Waals surface area contributed by atoms with E-state index in [2.05, 4.69) is 4.74 Å². The standard InChI is InChI=1S/C17H17ClO4/c1-10-12(8-11-4-6-13(21-2)7-5-11)9-14(17(20)22-3)16(19)15(10)18/h4-7,9,19H,8H2,1-3H3. The Balaban J connectivity index is 2.41. The van der Waals surface area contributed by atoms with Gasteiger partial charge in [-0.2, -0.15) is 0 Å². The molecule has 0 atom stereocenters. The van der Waals surface area contributed by atoms with E-state index in [1.165, 1.54) is 7.11 Å². The monoisotopic (exact) mass is 320 g/mol. The molecule has 0 saturated heterocycles. The fourth-order valence-electron chi connectivity index (χ4n) is 2.20. The van der Waals surface area contributed by atoms with E-state index in [0.717, 1.165) is 22.4 Å². The molecule has 0 saturated carbocycles. The summed E-state index contributed by atoms with van der Waals surface area (Å²) in [7, 11) is 2.88. The smallest absolute Gasteiger partial charge is 0.341 e. The number of carbonyl (C=O) groups excluding carboxylic acids is 1. The number of phenolic OH excluding ortho intramolecular Hbond substituents is 1. The highest BCUT2D eigenvalue weighted by Crippen LogP contribution is 2.34. The minimum atomic E-state index is -0.615. The average molecular weight is 321 g/mol. The Labute approximate surface area is 134 Å². The summed E-state index contributed by atoms with van der Waals surface area (Å²) in [5, 5.41) is 10.2. The van der Waals surface area contributed by atoms with E-state index in [0.29, 0.717) is 6.42 Å². The van der Waals surface area contributed by atoms with Gasteiger partial charge in [-0.1, -0.05) is 23.7 Å². The molecule has 1 N–H and O–H groups in total. The van der Waals surface area contributed by atoms with Crippen LogP contribution in [0.15, 0.2) is 30.3 Å². The van der Waals surface area contributed by atoms with Gasteiger partial charge in [0.15, 0.2) is 0 Å². The van der Waals surface area contributed by atoms with Crippen molar-refractivity contribution in [2.45, 2.75) is 13.3 Å². The van der Waals surface area contributed by atoms with E-state index in [1.54, 1.807) is 13.2 Å². The Kier molecular flexibility index (Phi) is 4.93. The van der Waals surface area contributed by atoms with Crippen molar-refractivity contribution in [2.24, 2.45) is 0 Å². The van der Waals surface area contributed by atoms with Crippen molar-refractivity contribution in [3.63, 3.8) is 0 Å². The first-order chi connectivity index (χ1) is 10.5. The maximum Gasteiger partial charge on any atom is 0.341 e. The highest BCUT2D eigenvalue weighted by atomic mass is 35.5. The van der Waals surface area contributed by atoms with Crippen LogP contribution in [0.25, 0.3) is 0 Å². The summed E-state index contributed by atoms with van der Waals surface area (Å²) in [5.41, 5.74) is 2.71. The topological polar surface area (TPSA) is 55.8 Å². The summed E-state index contributed by atoms with van der Waals surface area (Å²) in [6.45, 7) is 1.81. The zero-order chi connectivity index (χ0) is 16.3. The highest BCUT2D eigenvalue weighted by Gasteiger charge is 2.19. The van der Waals surface area contributed by atoms with Gasteiger partial charge in [-0.25, -0.2) is 4.79 Å². The van der Waals surface area contributed by atoms with E-state index in [9.17, 15) is 9.90 Å². The predicted molar refractivity (Wildman–Crippen MR) is 85.0 cm³/mol. The van der Waals surface area contributed by atoms with E-state index < -0.39 is 5.97 Å². The van der Waals surface area contributed by atoms with Crippen molar-refractivity contribution in [3.8, 4) is 11.5 Å². The molecular formula is C17H17ClO4. The number of esters is 1. The molecule has 0 fully saturated rings. The molecule has 0 heterocycles. The molecule has 2 aromatic rings. The second-order valence-corrected chi connectivity index (χ2v) is 5.27. The van der Waals surface area contributed by atoms with E-state index >= 15 is 0 Å². The Morgan fingerprint density at radius 3 is 2.41 bits per heavy atom. The largest absolute Gasteiger partial charge is 0.505 e. The molecule has 0 unspecified atom stereocenters. The lowest BCUT2D eigenvalue weighted by molar-refractivity contribution is 0.0597. The van der Waals surface area contributed by atoms with Crippen LogP contribution in [0.1, 0.15) is 27.0 Å². The molecule has 0 aliphatic carbocycles. The molecule has 5 heteroatoms. The number of phenols is 1. The molecule has 0 radical (unpaired) electrons. The first kappa shape index (κ1) is 16.2. The predicted octanol–water partition coefficient (Wildman–Crippen LogP) is 3.74. The van der Waals surface area contributed by atoms with Crippen LogP contribution in [0.3, 0.4) is 0 Å². The van der Waals surface area contributed by atoms with Crippen LogP contribution in [0.4, 0.5) is 0 Å². The van der Waals surface area contributed by atoms with Crippen LogP contribution in [-0.2, 0) is 11.2 Å². The lowest BCUT2D eigenvalue weighted by atomic mass is 9.97. The third-order valence-corrected chi connectivity index (χ3v) is 4.01. The van der Waals surface area contributed by atoms with Gasteiger partial charge in [0, 0.05) is 0 Å².